The molecule has 1 atom stereocenters. The number of likely N-dealkylation sites (tertiary alicyclic amines) is 2. The first-order chi connectivity index (χ1) is 20.4. The number of aromatic nitrogens is 3. The number of rotatable bonds is 8. The molecule has 1 unspecified atom stereocenters. The Morgan fingerprint density at radius 3 is 2.55 bits per heavy atom. The Kier molecular flexibility index (Phi) is 7.60. The molecule has 3 aromatic heterocycles. The summed E-state index contributed by atoms with van der Waals surface area (Å²) in [6.07, 6.45) is 7.00. The van der Waals surface area contributed by atoms with Crippen LogP contribution in [0.3, 0.4) is 0 Å². The molecule has 0 radical (unpaired) electrons. The summed E-state index contributed by atoms with van der Waals surface area (Å²) in [6.45, 7) is 3.84. The number of esters is 1. The van der Waals surface area contributed by atoms with E-state index in [9.17, 15) is 14.4 Å². The molecule has 1 aromatic carbocycles. The Balaban J connectivity index is 0.00000368. The predicted molar refractivity (Wildman–Crippen MR) is 158 cm³/mol. The predicted octanol–water partition coefficient (Wildman–Crippen LogP) is 5.30. The SMILES string of the molecule is COC(=O)CCc1ccc(-c2cc3cc(Oc4ccc(C(=O)N5CCC5)nc4)c(C4CCCN4C(C)=O)cc3[nH]2)nc1.[HH]. The zero-order valence-corrected chi connectivity index (χ0v) is 23.8. The Labute approximate surface area is 245 Å². The normalized spacial score (nSPS) is 16.4. The van der Waals surface area contributed by atoms with Crippen LogP contribution in [0, 0.1) is 0 Å². The van der Waals surface area contributed by atoms with Crippen LogP contribution in [0.4, 0.5) is 0 Å². The van der Waals surface area contributed by atoms with Crippen LogP contribution in [0.2, 0.25) is 0 Å². The number of pyridine rings is 2. The molecule has 6 rings (SSSR count). The zero-order valence-electron chi connectivity index (χ0n) is 23.8. The minimum absolute atomic E-state index is 0. The van der Waals surface area contributed by atoms with Crippen molar-refractivity contribution in [2.45, 2.75) is 45.1 Å². The highest BCUT2D eigenvalue weighted by atomic mass is 16.5. The Morgan fingerprint density at radius 1 is 1.02 bits per heavy atom. The van der Waals surface area contributed by atoms with Crippen molar-refractivity contribution in [2.24, 2.45) is 0 Å². The van der Waals surface area contributed by atoms with Gasteiger partial charge in [0.1, 0.15) is 17.2 Å². The van der Waals surface area contributed by atoms with Gasteiger partial charge in [0.05, 0.1) is 30.7 Å². The molecular weight excluding hydrogens is 534 g/mol. The van der Waals surface area contributed by atoms with Gasteiger partial charge in [-0.2, -0.15) is 0 Å². The van der Waals surface area contributed by atoms with E-state index in [4.69, 9.17) is 9.47 Å². The molecular formula is C32H35N5O5. The minimum atomic E-state index is -0.249. The van der Waals surface area contributed by atoms with Crippen molar-refractivity contribution in [1.29, 1.82) is 0 Å². The van der Waals surface area contributed by atoms with Crippen LogP contribution in [-0.2, 0) is 20.7 Å². The highest BCUT2D eigenvalue weighted by Crippen LogP contribution is 2.41. The summed E-state index contributed by atoms with van der Waals surface area (Å²) in [5.74, 6) is 0.871. The first-order valence-corrected chi connectivity index (χ1v) is 14.3. The van der Waals surface area contributed by atoms with Gasteiger partial charge in [0, 0.05) is 57.1 Å². The van der Waals surface area contributed by atoms with Crippen LogP contribution in [0.15, 0.2) is 54.9 Å². The molecule has 42 heavy (non-hydrogen) atoms. The molecule has 2 amide bonds. The smallest absolute Gasteiger partial charge is 0.305 e. The number of aromatic amines is 1. The molecule has 2 saturated heterocycles. The van der Waals surface area contributed by atoms with E-state index in [1.54, 1.807) is 36.4 Å². The van der Waals surface area contributed by atoms with E-state index in [-0.39, 0.29) is 25.3 Å². The second kappa shape index (κ2) is 11.6. The van der Waals surface area contributed by atoms with E-state index < -0.39 is 0 Å². The number of fused-ring (bicyclic) bond motifs is 1. The van der Waals surface area contributed by atoms with Crippen LogP contribution in [0.25, 0.3) is 22.3 Å². The van der Waals surface area contributed by atoms with Crippen LogP contribution in [0.1, 0.15) is 61.7 Å². The minimum Gasteiger partial charge on any atom is -0.469 e. The van der Waals surface area contributed by atoms with Crippen molar-refractivity contribution >= 4 is 28.7 Å². The van der Waals surface area contributed by atoms with Crippen molar-refractivity contribution in [3.05, 3.63) is 71.7 Å². The van der Waals surface area contributed by atoms with Gasteiger partial charge in [-0.25, -0.2) is 4.98 Å². The second-order valence-corrected chi connectivity index (χ2v) is 10.8. The first kappa shape index (κ1) is 27.4. The van der Waals surface area contributed by atoms with Crippen molar-refractivity contribution in [3.63, 3.8) is 0 Å². The van der Waals surface area contributed by atoms with Crippen molar-refractivity contribution in [3.8, 4) is 22.9 Å². The van der Waals surface area contributed by atoms with Crippen molar-refractivity contribution < 1.29 is 25.3 Å². The van der Waals surface area contributed by atoms with E-state index in [2.05, 4.69) is 21.0 Å². The van der Waals surface area contributed by atoms with E-state index >= 15 is 0 Å². The number of hydrogen-bond donors (Lipinski definition) is 1. The molecule has 0 spiro atoms. The summed E-state index contributed by atoms with van der Waals surface area (Å²) in [5.41, 5.74) is 4.79. The number of H-pyrrole nitrogens is 1. The number of nitrogens with one attached hydrogen (secondary N) is 1. The lowest BCUT2D eigenvalue weighted by Crippen LogP contribution is -2.42. The van der Waals surface area contributed by atoms with E-state index in [1.807, 2.05) is 29.2 Å². The quantitative estimate of drug-likeness (QED) is 0.286. The van der Waals surface area contributed by atoms with Gasteiger partial charge in [0.15, 0.2) is 0 Å². The zero-order chi connectivity index (χ0) is 29.2. The largest absolute Gasteiger partial charge is 0.469 e. The fraction of sp³-hybridized carbons (Fsp3) is 0.344. The summed E-state index contributed by atoms with van der Waals surface area (Å²) in [6, 6.07) is 13.3. The van der Waals surface area contributed by atoms with Gasteiger partial charge in [0.25, 0.3) is 5.91 Å². The molecule has 10 heteroatoms. The van der Waals surface area contributed by atoms with E-state index in [1.165, 1.54) is 7.11 Å². The molecule has 0 saturated carbocycles. The molecule has 5 heterocycles. The number of aryl methyl sites for hydroxylation is 1. The molecule has 218 valence electrons. The lowest BCUT2D eigenvalue weighted by molar-refractivity contribution is -0.140. The van der Waals surface area contributed by atoms with Crippen LogP contribution >= 0.6 is 0 Å². The molecule has 2 aliphatic heterocycles. The maximum absolute atomic E-state index is 12.5. The molecule has 2 aliphatic rings. The van der Waals surface area contributed by atoms with Gasteiger partial charge in [-0.05, 0) is 67.6 Å². The lowest BCUT2D eigenvalue weighted by Gasteiger charge is -2.30. The Morgan fingerprint density at radius 2 is 1.88 bits per heavy atom. The topological polar surface area (TPSA) is 118 Å². The van der Waals surface area contributed by atoms with Crippen molar-refractivity contribution in [2.75, 3.05) is 26.7 Å². The molecule has 2 fully saturated rings. The number of methoxy groups -OCH3 is 1. The standard InChI is InChI=1S/C32H33N5O5.H2/c1-20(38)37-14-3-5-29(37)24-17-27-22(15-28(35-27)25-9-6-21(18-33-25)7-11-31(39)41-2)16-30(24)42-23-8-10-26(34-19-23)32(40)36-12-4-13-36;/h6,8-10,15-19,29,35H,3-5,7,11-14H2,1-2H3;1H. The summed E-state index contributed by atoms with van der Waals surface area (Å²) >= 11 is 0. The van der Waals surface area contributed by atoms with Crippen LogP contribution in [0.5, 0.6) is 11.5 Å². The summed E-state index contributed by atoms with van der Waals surface area (Å²) in [4.78, 5) is 52.6. The monoisotopic (exact) mass is 569 g/mol. The summed E-state index contributed by atoms with van der Waals surface area (Å²) in [7, 11) is 1.38. The van der Waals surface area contributed by atoms with Crippen molar-refractivity contribution in [1.82, 2.24) is 24.8 Å². The Bertz CT molecular complexity index is 1630. The fourth-order valence-corrected chi connectivity index (χ4v) is 5.59. The van der Waals surface area contributed by atoms with Gasteiger partial charge in [-0.15, -0.1) is 0 Å². The molecule has 10 nitrogen and oxygen atoms in total. The molecule has 4 aromatic rings. The molecule has 0 aliphatic carbocycles. The molecule has 0 bridgehead atoms. The average molecular weight is 570 g/mol. The number of amides is 2. The number of nitrogens with zero attached hydrogens (tertiary/aromatic N) is 4. The fourth-order valence-electron chi connectivity index (χ4n) is 5.59. The number of carbonyl (C=O) groups is 3. The number of hydrogen-bond acceptors (Lipinski definition) is 7. The van der Waals surface area contributed by atoms with Crippen LogP contribution < -0.4 is 4.74 Å². The van der Waals surface area contributed by atoms with Gasteiger partial charge < -0.3 is 24.3 Å². The highest BCUT2D eigenvalue weighted by Gasteiger charge is 2.31. The maximum Gasteiger partial charge on any atom is 0.305 e. The van der Waals surface area contributed by atoms with Gasteiger partial charge >= 0.3 is 5.97 Å². The van der Waals surface area contributed by atoms with Gasteiger partial charge in [-0.3, -0.25) is 19.4 Å². The van der Waals surface area contributed by atoms with Gasteiger partial charge in [0.2, 0.25) is 5.91 Å². The summed E-state index contributed by atoms with van der Waals surface area (Å²) < 4.78 is 11.1. The summed E-state index contributed by atoms with van der Waals surface area (Å²) in [5, 5.41) is 0.935. The van der Waals surface area contributed by atoms with E-state index in [0.29, 0.717) is 36.6 Å². The molecule has 1 N–H and O–H groups in total. The Hall–Kier alpha value is -4.73. The highest BCUT2D eigenvalue weighted by molar-refractivity contribution is 5.93. The first-order valence-electron chi connectivity index (χ1n) is 14.3. The average Bonchev–Trinajstić information content (AvgIpc) is 3.62. The number of ether oxygens (including phenoxy) is 2. The second-order valence-electron chi connectivity index (χ2n) is 10.8. The lowest BCUT2D eigenvalue weighted by atomic mass is 10.0. The van der Waals surface area contributed by atoms with E-state index in [0.717, 1.165) is 65.8 Å². The third-order valence-corrected chi connectivity index (χ3v) is 8.04. The maximum atomic E-state index is 12.5. The third kappa shape index (κ3) is 5.57. The third-order valence-electron chi connectivity index (χ3n) is 8.04. The number of carbonyl (C=O) groups excluding carboxylic acids is 3. The van der Waals surface area contributed by atoms with Gasteiger partial charge in [-0.1, -0.05) is 6.07 Å². The number of benzene rings is 1. The van der Waals surface area contributed by atoms with Crippen LogP contribution in [-0.4, -0.2) is 69.3 Å².